The Morgan fingerprint density at radius 2 is 0.604 bits per heavy atom. The number of nitrogens with one attached hydrogen (secondary N) is 4. The zero-order valence-corrected chi connectivity index (χ0v) is 57.8. The number of ether oxygens (including phenoxy) is 3. The van der Waals surface area contributed by atoms with Gasteiger partial charge in [0.15, 0.2) is 34.3 Å². The lowest BCUT2D eigenvalue weighted by Crippen LogP contribution is -2.50. The molecule has 0 unspecified atom stereocenters. The zero-order chi connectivity index (χ0) is 77.0. The van der Waals surface area contributed by atoms with Crippen molar-refractivity contribution in [2.75, 3.05) is 39.5 Å². The normalized spacial score (nSPS) is 15.0. The minimum absolute atomic E-state index is 0.0173. The second-order valence-corrected chi connectivity index (χ2v) is 25.4. The molecule has 3 heterocycles. The third-order valence-corrected chi connectivity index (χ3v) is 17.6. The summed E-state index contributed by atoms with van der Waals surface area (Å²) in [5, 5.41) is 168. The highest BCUT2D eigenvalue weighted by molar-refractivity contribution is 5.97. The van der Waals surface area contributed by atoms with Gasteiger partial charge in [-0.3, -0.25) is 33.6 Å². The third-order valence-electron chi connectivity index (χ3n) is 17.6. The van der Waals surface area contributed by atoms with E-state index in [1.807, 2.05) is 0 Å². The smallest absolute Gasteiger partial charge is 0.271 e. The van der Waals surface area contributed by atoms with Gasteiger partial charge >= 0.3 is 0 Å². The molecule has 19 N–H and O–H groups in total. The molecule has 106 heavy (non-hydrogen) atoms. The molecule has 0 saturated heterocycles. The largest absolute Gasteiger partial charge is 0.483 e. The van der Waals surface area contributed by atoms with Gasteiger partial charge in [0.25, 0.3) is 23.6 Å². The highest BCUT2D eigenvalue weighted by Crippen LogP contribution is 2.28. The number of hydrogen-bond donors (Lipinski definition) is 19. The van der Waals surface area contributed by atoms with Gasteiger partial charge in [-0.15, -0.1) is 0 Å². The van der Waals surface area contributed by atoms with Crippen molar-refractivity contribution in [2.24, 2.45) is 0 Å². The molecule has 4 aromatic carbocycles. The number of benzene rings is 4. The molecule has 32 nitrogen and oxygen atoms in total. The summed E-state index contributed by atoms with van der Waals surface area (Å²) in [6.07, 6.45) is -20.7. The lowest BCUT2D eigenvalue weighted by atomic mass is 9.83. The number of carbonyl (C=O) groups excluding carboxylic acids is 4. The van der Waals surface area contributed by atoms with E-state index in [1.165, 1.54) is 12.1 Å². The van der Waals surface area contributed by atoms with E-state index in [-0.39, 0.29) is 83.5 Å². The predicted octanol–water partition coefficient (Wildman–Crippen LogP) is -2.68. The molecule has 4 amide bonds. The Morgan fingerprint density at radius 3 is 0.868 bits per heavy atom. The van der Waals surface area contributed by atoms with E-state index in [0.717, 1.165) is 50.5 Å². The fraction of sp³-hybridized carbons (Fsp3) is 0.419. The van der Waals surface area contributed by atoms with Crippen molar-refractivity contribution >= 4 is 23.6 Å². The fourth-order valence-corrected chi connectivity index (χ4v) is 11.7. The fourth-order valence-electron chi connectivity index (χ4n) is 11.7. The van der Waals surface area contributed by atoms with E-state index < -0.39 is 192 Å². The molecule has 7 aromatic rings. The van der Waals surface area contributed by atoms with Crippen LogP contribution in [-0.2, 0) is 39.5 Å². The summed E-state index contributed by atoms with van der Waals surface area (Å²) in [4.78, 5) is 99.9. The second kappa shape index (κ2) is 41.3. The van der Waals surface area contributed by atoms with Crippen LogP contribution < -0.4 is 51.8 Å². The molecule has 574 valence electrons. The van der Waals surface area contributed by atoms with Crippen molar-refractivity contribution in [2.45, 2.75) is 157 Å². The molecular weight excluding hydrogens is 1390 g/mol. The Labute approximate surface area is 607 Å². The van der Waals surface area contributed by atoms with E-state index in [0.29, 0.717) is 16.7 Å². The van der Waals surface area contributed by atoms with Gasteiger partial charge in [0, 0.05) is 67.5 Å². The van der Waals surface area contributed by atoms with E-state index >= 15 is 0 Å². The van der Waals surface area contributed by atoms with Gasteiger partial charge in [-0.1, -0.05) is 109 Å². The molecule has 0 fully saturated rings. The number of hydrogen-bond acceptors (Lipinski definition) is 25. The van der Waals surface area contributed by atoms with Crippen LogP contribution in [0.2, 0.25) is 0 Å². The Hall–Kier alpha value is -9.59. The Morgan fingerprint density at radius 1 is 0.349 bits per heavy atom. The molecule has 0 radical (unpaired) electrons. The number of aromatic nitrogens is 3. The molecule has 0 aliphatic heterocycles. The first kappa shape index (κ1) is 83.7. The Bertz CT molecular complexity index is 3730. The van der Waals surface area contributed by atoms with Crippen molar-refractivity contribution in [1.29, 1.82) is 0 Å². The van der Waals surface area contributed by atoms with Crippen LogP contribution in [0.4, 0.5) is 0 Å². The number of carbonyl (C=O) groups is 4. The van der Waals surface area contributed by atoms with Gasteiger partial charge in [0.1, 0.15) is 93.1 Å². The summed E-state index contributed by atoms with van der Waals surface area (Å²) in [7, 11) is 0. The van der Waals surface area contributed by atoms with E-state index in [2.05, 4.69) is 21.3 Å². The highest BCUT2D eigenvalue weighted by atomic mass is 16.5. The first-order chi connectivity index (χ1) is 50.8. The topological polar surface area (TPSA) is 514 Å². The van der Waals surface area contributed by atoms with Crippen LogP contribution in [-0.4, -0.2) is 232 Å². The van der Waals surface area contributed by atoms with Crippen LogP contribution in [0, 0.1) is 0 Å². The first-order valence-corrected chi connectivity index (χ1v) is 34.2. The van der Waals surface area contributed by atoms with Crippen molar-refractivity contribution in [1.82, 2.24) is 35.0 Å². The van der Waals surface area contributed by atoms with E-state index in [4.69, 9.17) is 14.2 Å². The molecule has 0 aliphatic rings. The summed E-state index contributed by atoms with van der Waals surface area (Å²) in [6, 6.07) is 36.7. The number of nitrogens with zero attached hydrogens (tertiary/aromatic N) is 3. The molecule has 0 aliphatic carbocycles. The molecule has 0 spiro atoms. The minimum atomic E-state index is -2.09. The Kier molecular flexibility index (Phi) is 32.6. The summed E-state index contributed by atoms with van der Waals surface area (Å²) in [5.41, 5.74) is -3.17. The van der Waals surface area contributed by atoms with Crippen LogP contribution in [0.1, 0.15) is 97.0 Å². The van der Waals surface area contributed by atoms with Crippen LogP contribution in [0.3, 0.4) is 0 Å². The average Bonchev–Trinajstić information content (AvgIpc) is 0.823. The predicted molar refractivity (Wildman–Crippen MR) is 379 cm³/mol. The quantitative estimate of drug-likeness (QED) is 0.0173. The Balaban J connectivity index is 1.24. The lowest BCUT2D eigenvalue weighted by molar-refractivity contribution is -0.117. The number of aliphatic hydroxyl groups is 15. The summed E-state index contributed by atoms with van der Waals surface area (Å²) in [5.74, 6) is -4.95. The molecule has 0 bridgehead atoms. The summed E-state index contributed by atoms with van der Waals surface area (Å²) >= 11 is 0. The first-order valence-electron chi connectivity index (χ1n) is 34.2. The zero-order valence-electron chi connectivity index (χ0n) is 57.8. The van der Waals surface area contributed by atoms with Crippen LogP contribution in [0.25, 0.3) is 0 Å². The lowest BCUT2D eigenvalue weighted by Gasteiger charge is -2.36. The van der Waals surface area contributed by atoms with Gasteiger partial charge < -0.3 is 126 Å². The van der Waals surface area contributed by atoms with Crippen molar-refractivity contribution < 1.29 is 110 Å². The number of aliphatic hydroxyl groups excluding tert-OH is 15. The van der Waals surface area contributed by atoms with Crippen LogP contribution in [0.5, 0.6) is 17.2 Å². The number of pyridine rings is 3. The monoisotopic (exact) mass is 1480 g/mol. The van der Waals surface area contributed by atoms with Crippen molar-refractivity contribution in [3.8, 4) is 17.2 Å². The van der Waals surface area contributed by atoms with Crippen LogP contribution in [0.15, 0.2) is 173 Å². The van der Waals surface area contributed by atoms with Crippen LogP contribution >= 0.6 is 0 Å². The number of amides is 4. The van der Waals surface area contributed by atoms with Crippen molar-refractivity contribution in [3.05, 3.63) is 228 Å². The van der Waals surface area contributed by atoms with Crippen molar-refractivity contribution in [3.63, 3.8) is 0 Å². The SMILES string of the molecule is O=C(NC(CCCNC(=O)c1c(OCc2ccccc2)c(=O)ccn1C[C@H](O)[C@@H](O)[C@H](O)[C@H](O)CO)(CCCNC(=O)c1c(OCc2ccccc2)c(=O)ccn1C[C@H](O)[C@@H](O)[C@H](O)[C@H](O)CO)CCCNC(=O)c1c(OCc2ccccc2)c(=O)ccn1C[C@H](O)[C@@H](O)[C@H](O)[C@H](O)CO)c1ccccc1. The molecule has 12 atom stereocenters. The van der Waals surface area contributed by atoms with Gasteiger partial charge in [-0.25, -0.2) is 0 Å². The second-order valence-electron chi connectivity index (χ2n) is 25.4. The maximum Gasteiger partial charge on any atom is 0.271 e. The van der Waals surface area contributed by atoms with E-state index in [1.54, 1.807) is 109 Å². The minimum Gasteiger partial charge on any atom is -0.483 e. The maximum atomic E-state index is 14.7. The van der Waals surface area contributed by atoms with Gasteiger partial charge in [0.2, 0.25) is 16.3 Å². The molecule has 7 rings (SSSR count). The maximum absolute atomic E-state index is 14.7. The molecule has 3 aromatic heterocycles. The molecule has 32 heteroatoms. The van der Waals surface area contributed by atoms with Gasteiger partial charge in [-0.05, 0) is 67.3 Å². The number of rotatable bonds is 44. The summed E-state index contributed by atoms with van der Waals surface area (Å²) < 4.78 is 21.2. The third kappa shape index (κ3) is 23.5. The molecular formula is C74H93N7O25. The van der Waals surface area contributed by atoms with Gasteiger partial charge in [-0.2, -0.15) is 0 Å². The highest BCUT2D eigenvalue weighted by Gasteiger charge is 2.37. The van der Waals surface area contributed by atoms with Gasteiger partial charge in [0.05, 0.1) is 39.5 Å². The summed E-state index contributed by atoms with van der Waals surface area (Å²) in [6.45, 7) is -6.44. The molecule has 0 saturated carbocycles. The van der Waals surface area contributed by atoms with E-state index in [9.17, 15) is 110 Å². The average molecular weight is 1480 g/mol. The standard InChI is InChI=1S/C74H93N7O25/c82-39-55(91)64(97)61(94)52(88)36-79-33-24-49(85)67(104-42-45-16-5-1-6-17-45)58(79)71(101)75-30-13-27-74(78-70(100)48-22-11-4-12-23-48,28-14-31-76-72(102)59-68(105-43-46-18-7-2-8-19-46)50(86)25-34-80(59)37-53(89)62(95)65(98)56(92)40-83)29-15-32-77-73(103)60-69(106-44-47-20-9-3-10-21-47)51(87)26-35-81(60)38-54(90)63(96)66(99)57(93)41-84/h1-12,16-26,33-35,52-57,61-66,82-84,88-99H,13-15,27-32,36-44H2,(H,75,101)(H,76,102)(H,77,103)(H,78,100)/t52-,53-,54-,55+,56+,57+,61+,62+,63+,64+,65+,66+/m0/s1.